The van der Waals surface area contributed by atoms with Crippen LogP contribution in [0.3, 0.4) is 0 Å². The molecule has 0 aliphatic carbocycles. The molecular formula is C11H9BrCl2OS. The molecule has 0 radical (unpaired) electrons. The monoisotopic (exact) mass is 338 g/mol. The molecule has 1 atom stereocenters. The first-order valence-corrected chi connectivity index (χ1v) is 7.07. The molecule has 0 aliphatic rings. The van der Waals surface area contributed by atoms with Crippen LogP contribution < -0.4 is 0 Å². The van der Waals surface area contributed by atoms with Gasteiger partial charge in [-0.1, -0.05) is 11.6 Å². The van der Waals surface area contributed by atoms with Crippen molar-refractivity contribution >= 4 is 50.5 Å². The predicted octanol–water partition coefficient (Wildman–Crippen LogP) is 5.70. The Kier molecular flexibility index (Phi) is 3.69. The summed E-state index contributed by atoms with van der Waals surface area (Å²) >= 11 is 17.3. The number of halogens is 3. The highest BCUT2D eigenvalue weighted by Crippen LogP contribution is 2.41. The van der Waals surface area contributed by atoms with Crippen LogP contribution in [0.4, 0.5) is 0 Å². The molecule has 2 aromatic rings. The molecule has 0 saturated carbocycles. The van der Waals surface area contributed by atoms with E-state index in [1.54, 1.807) is 11.3 Å². The molecule has 0 fully saturated rings. The lowest BCUT2D eigenvalue weighted by Gasteiger charge is -2.04. The van der Waals surface area contributed by atoms with Crippen molar-refractivity contribution in [3.8, 4) is 0 Å². The molecule has 2 aromatic heterocycles. The number of aryl methyl sites for hydroxylation is 2. The van der Waals surface area contributed by atoms with Gasteiger partial charge in [0.25, 0.3) is 0 Å². The van der Waals surface area contributed by atoms with E-state index in [4.69, 9.17) is 27.6 Å². The van der Waals surface area contributed by atoms with E-state index < -0.39 is 0 Å². The van der Waals surface area contributed by atoms with Crippen molar-refractivity contribution in [2.45, 2.75) is 19.2 Å². The molecule has 1 unspecified atom stereocenters. The first kappa shape index (κ1) is 12.5. The van der Waals surface area contributed by atoms with Crippen molar-refractivity contribution in [2.24, 2.45) is 0 Å². The predicted molar refractivity (Wildman–Crippen MR) is 72.9 cm³/mol. The highest BCUT2D eigenvalue weighted by molar-refractivity contribution is 9.11. The van der Waals surface area contributed by atoms with Crippen LogP contribution in [0.2, 0.25) is 5.02 Å². The normalized spacial score (nSPS) is 13.1. The molecule has 2 rings (SSSR count). The van der Waals surface area contributed by atoms with Crippen molar-refractivity contribution in [3.63, 3.8) is 0 Å². The number of alkyl halides is 1. The van der Waals surface area contributed by atoms with E-state index in [2.05, 4.69) is 15.9 Å². The zero-order valence-corrected chi connectivity index (χ0v) is 12.6. The fourth-order valence-corrected chi connectivity index (χ4v) is 3.70. The Morgan fingerprint density at radius 3 is 2.50 bits per heavy atom. The molecule has 0 aromatic carbocycles. The van der Waals surface area contributed by atoms with Crippen LogP contribution in [-0.2, 0) is 0 Å². The number of furan rings is 1. The summed E-state index contributed by atoms with van der Waals surface area (Å²) in [5.74, 6) is 1.73. The maximum atomic E-state index is 6.41. The fourth-order valence-electron chi connectivity index (χ4n) is 1.54. The van der Waals surface area contributed by atoms with E-state index in [-0.39, 0.29) is 5.38 Å². The summed E-state index contributed by atoms with van der Waals surface area (Å²) < 4.78 is 6.38. The quantitative estimate of drug-likeness (QED) is 0.639. The zero-order chi connectivity index (χ0) is 11.9. The highest BCUT2D eigenvalue weighted by atomic mass is 79.9. The van der Waals surface area contributed by atoms with Gasteiger partial charge in [-0.3, -0.25) is 0 Å². The highest BCUT2D eigenvalue weighted by Gasteiger charge is 2.19. The van der Waals surface area contributed by atoms with Crippen LogP contribution in [0.15, 0.2) is 20.3 Å². The average molecular weight is 340 g/mol. The van der Waals surface area contributed by atoms with Gasteiger partial charge in [0.05, 0.1) is 14.2 Å². The first-order chi connectivity index (χ1) is 7.49. The molecule has 2 heterocycles. The minimum atomic E-state index is -0.203. The SMILES string of the molecule is Cc1cc(C(Cl)c2cc(Cl)c(Br)s2)c(C)o1. The summed E-state index contributed by atoms with van der Waals surface area (Å²) in [6.45, 7) is 3.83. The van der Waals surface area contributed by atoms with Crippen molar-refractivity contribution in [1.82, 2.24) is 0 Å². The number of hydrogen-bond donors (Lipinski definition) is 0. The molecular weight excluding hydrogens is 331 g/mol. The van der Waals surface area contributed by atoms with E-state index in [0.29, 0.717) is 5.02 Å². The van der Waals surface area contributed by atoms with Gasteiger partial charge < -0.3 is 4.42 Å². The van der Waals surface area contributed by atoms with E-state index in [1.165, 1.54) is 0 Å². The molecule has 0 saturated heterocycles. The summed E-state index contributed by atoms with van der Waals surface area (Å²) in [7, 11) is 0. The van der Waals surface area contributed by atoms with Gasteiger partial charge in [0.1, 0.15) is 11.5 Å². The van der Waals surface area contributed by atoms with Gasteiger partial charge in [0.15, 0.2) is 0 Å². The Hall–Kier alpha value is 0.0400. The molecule has 86 valence electrons. The topological polar surface area (TPSA) is 13.1 Å². The number of thiophene rings is 1. The van der Waals surface area contributed by atoms with Gasteiger partial charge in [-0.05, 0) is 41.9 Å². The van der Waals surface area contributed by atoms with E-state index in [9.17, 15) is 0 Å². The third-order valence-corrected chi connectivity index (χ3v) is 5.41. The Bertz CT molecular complexity index is 499. The van der Waals surface area contributed by atoms with E-state index >= 15 is 0 Å². The molecule has 16 heavy (non-hydrogen) atoms. The lowest BCUT2D eigenvalue weighted by Crippen LogP contribution is -1.89. The second-order valence-electron chi connectivity index (χ2n) is 3.50. The first-order valence-electron chi connectivity index (χ1n) is 4.64. The van der Waals surface area contributed by atoms with Gasteiger partial charge in [0.2, 0.25) is 0 Å². The molecule has 1 nitrogen and oxygen atoms in total. The Labute approximate surface area is 116 Å². The van der Waals surface area contributed by atoms with Crippen molar-refractivity contribution in [1.29, 1.82) is 0 Å². The summed E-state index contributed by atoms with van der Waals surface area (Å²) in [6, 6.07) is 3.85. The van der Waals surface area contributed by atoms with Gasteiger partial charge in [-0.2, -0.15) is 0 Å². The number of hydrogen-bond acceptors (Lipinski definition) is 2. The largest absolute Gasteiger partial charge is 0.466 e. The third kappa shape index (κ3) is 2.33. The zero-order valence-electron chi connectivity index (χ0n) is 8.68. The summed E-state index contributed by atoms with van der Waals surface area (Å²) in [5.41, 5.74) is 1.00. The maximum absolute atomic E-state index is 6.41. The fraction of sp³-hybridized carbons (Fsp3) is 0.273. The summed E-state index contributed by atoms with van der Waals surface area (Å²) in [4.78, 5) is 1.02. The molecule has 5 heteroatoms. The van der Waals surface area contributed by atoms with Crippen LogP contribution in [0.5, 0.6) is 0 Å². The molecule has 0 bridgehead atoms. The molecule has 0 N–H and O–H groups in total. The second kappa shape index (κ2) is 4.73. The number of rotatable bonds is 2. The van der Waals surface area contributed by atoms with Crippen molar-refractivity contribution in [3.05, 3.63) is 42.9 Å². The van der Waals surface area contributed by atoms with Crippen molar-refractivity contribution < 1.29 is 4.42 Å². The van der Waals surface area contributed by atoms with E-state index in [0.717, 1.165) is 25.7 Å². The average Bonchev–Trinajstić information content (AvgIpc) is 2.70. The Morgan fingerprint density at radius 1 is 1.38 bits per heavy atom. The summed E-state index contributed by atoms with van der Waals surface area (Å²) in [6.07, 6.45) is 0. The maximum Gasteiger partial charge on any atom is 0.106 e. The molecule has 0 spiro atoms. The van der Waals surface area contributed by atoms with Gasteiger partial charge >= 0.3 is 0 Å². The van der Waals surface area contributed by atoms with Crippen LogP contribution in [0.1, 0.15) is 27.3 Å². The van der Waals surface area contributed by atoms with Crippen LogP contribution in [0, 0.1) is 13.8 Å². The summed E-state index contributed by atoms with van der Waals surface area (Å²) in [5, 5.41) is 0.495. The van der Waals surface area contributed by atoms with Gasteiger partial charge in [-0.25, -0.2) is 0 Å². The lowest BCUT2D eigenvalue weighted by molar-refractivity contribution is 0.501. The minimum absolute atomic E-state index is 0.203. The Morgan fingerprint density at radius 2 is 2.06 bits per heavy atom. The van der Waals surface area contributed by atoms with Crippen LogP contribution in [-0.4, -0.2) is 0 Å². The third-order valence-electron chi connectivity index (χ3n) is 2.27. The smallest absolute Gasteiger partial charge is 0.106 e. The Balaban J connectivity index is 2.38. The second-order valence-corrected chi connectivity index (χ2v) is 6.75. The minimum Gasteiger partial charge on any atom is -0.466 e. The van der Waals surface area contributed by atoms with E-state index in [1.807, 2.05) is 26.0 Å². The van der Waals surface area contributed by atoms with Gasteiger partial charge in [0, 0.05) is 10.4 Å². The van der Waals surface area contributed by atoms with Crippen LogP contribution in [0.25, 0.3) is 0 Å². The molecule has 0 amide bonds. The lowest BCUT2D eigenvalue weighted by atomic mass is 10.1. The van der Waals surface area contributed by atoms with Crippen LogP contribution >= 0.6 is 50.5 Å². The molecule has 0 aliphatic heterocycles. The van der Waals surface area contributed by atoms with Gasteiger partial charge in [-0.15, -0.1) is 22.9 Å². The standard InChI is InChI=1S/C11H9BrCl2OS/c1-5-3-7(6(2)15-5)10(14)9-4-8(13)11(12)16-9/h3-4,10H,1-2H3. The van der Waals surface area contributed by atoms with Crippen molar-refractivity contribution in [2.75, 3.05) is 0 Å².